The van der Waals surface area contributed by atoms with Crippen LogP contribution in [0, 0.1) is 12.7 Å². The van der Waals surface area contributed by atoms with E-state index in [-0.39, 0.29) is 5.82 Å². The summed E-state index contributed by atoms with van der Waals surface area (Å²) < 4.78 is 14.5. The summed E-state index contributed by atoms with van der Waals surface area (Å²) in [6, 6.07) is 8.93. The number of hydrogen-bond donors (Lipinski definition) is 0. The molecule has 106 valence electrons. The van der Waals surface area contributed by atoms with Gasteiger partial charge in [-0.25, -0.2) is 4.39 Å². The molecule has 0 amide bonds. The van der Waals surface area contributed by atoms with Crippen molar-refractivity contribution in [3.8, 4) is 0 Å². The second-order valence-corrected chi connectivity index (χ2v) is 5.65. The van der Waals surface area contributed by atoms with Crippen molar-refractivity contribution in [2.45, 2.75) is 19.8 Å². The quantitative estimate of drug-likeness (QED) is 0.715. The van der Waals surface area contributed by atoms with E-state index in [9.17, 15) is 9.18 Å². The molecular formula is C18H14ClFO. The standard InChI is InChI=1S/C18H14ClFO/c1-11-5-8-16(19)17(18(11)20)14-4-2-3-13-7-6-12(10-21)9-15(13)14/h4-10H,2-3H2,1H3. The van der Waals surface area contributed by atoms with E-state index in [2.05, 4.69) is 0 Å². The largest absolute Gasteiger partial charge is 0.298 e. The molecule has 0 heterocycles. The number of fused-ring (bicyclic) bond motifs is 1. The van der Waals surface area contributed by atoms with Crippen LogP contribution in [0.1, 0.15) is 39.0 Å². The molecule has 0 spiro atoms. The van der Waals surface area contributed by atoms with Crippen LogP contribution < -0.4 is 0 Å². The molecule has 0 radical (unpaired) electrons. The summed E-state index contributed by atoms with van der Waals surface area (Å²) in [5.74, 6) is -0.293. The molecular weight excluding hydrogens is 287 g/mol. The van der Waals surface area contributed by atoms with Crippen LogP contribution in [0.3, 0.4) is 0 Å². The minimum atomic E-state index is -0.293. The average Bonchev–Trinajstić information content (AvgIpc) is 2.51. The maximum atomic E-state index is 14.5. The van der Waals surface area contributed by atoms with Gasteiger partial charge in [-0.3, -0.25) is 4.79 Å². The Morgan fingerprint density at radius 1 is 1.24 bits per heavy atom. The molecule has 21 heavy (non-hydrogen) atoms. The molecule has 3 heteroatoms. The van der Waals surface area contributed by atoms with E-state index in [1.165, 1.54) is 0 Å². The number of halogens is 2. The summed E-state index contributed by atoms with van der Waals surface area (Å²) in [7, 11) is 0. The predicted molar refractivity (Wildman–Crippen MR) is 83.4 cm³/mol. The lowest BCUT2D eigenvalue weighted by molar-refractivity contribution is 0.112. The van der Waals surface area contributed by atoms with Crippen molar-refractivity contribution < 1.29 is 9.18 Å². The van der Waals surface area contributed by atoms with Crippen molar-refractivity contribution in [2.24, 2.45) is 0 Å². The van der Waals surface area contributed by atoms with Crippen LogP contribution in [-0.4, -0.2) is 6.29 Å². The molecule has 1 aliphatic carbocycles. The molecule has 0 N–H and O–H groups in total. The van der Waals surface area contributed by atoms with Gasteiger partial charge in [0.15, 0.2) is 0 Å². The fraction of sp³-hybridized carbons (Fsp3) is 0.167. The molecule has 3 rings (SSSR count). The first-order chi connectivity index (χ1) is 10.1. The van der Waals surface area contributed by atoms with Crippen LogP contribution in [-0.2, 0) is 6.42 Å². The minimum Gasteiger partial charge on any atom is -0.298 e. The van der Waals surface area contributed by atoms with E-state index in [1.54, 1.807) is 25.1 Å². The van der Waals surface area contributed by atoms with Gasteiger partial charge < -0.3 is 0 Å². The normalized spacial score (nSPS) is 13.6. The van der Waals surface area contributed by atoms with E-state index >= 15 is 0 Å². The van der Waals surface area contributed by atoms with Gasteiger partial charge >= 0.3 is 0 Å². The number of allylic oxidation sites excluding steroid dienone is 1. The van der Waals surface area contributed by atoms with Gasteiger partial charge in [0.05, 0.1) is 5.02 Å². The molecule has 0 atom stereocenters. The first kappa shape index (κ1) is 14.0. The molecule has 1 nitrogen and oxygen atoms in total. The molecule has 2 aromatic rings. The fourth-order valence-electron chi connectivity index (χ4n) is 2.76. The van der Waals surface area contributed by atoms with Crippen molar-refractivity contribution in [3.63, 3.8) is 0 Å². The summed E-state index contributed by atoms with van der Waals surface area (Å²) in [4.78, 5) is 11.0. The van der Waals surface area contributed by atoms with Gasteiger partial charge in [-0.05, 0) is 54.2 Å². The Morgan fingerprint density at radius 3 is 2.81 bits per heavy atom. The smallest absolute Gasteiger partial charge is 0.150 e. The zero-order chi connectivity index (χ0) is 15.0. The molecule has 0 unspecified atom stereocenters. The molecule has 0 aromatic heterocycles. The molecule has 0 bridgehead atoms. The third kappa shape index (κ3) is 2.40. The highest BCUT2D eigenvalue weighted by atomic mass is 35.5. The van der Waals surface area contributed by atoms with E-state index in [0.717, 1.165) is 35.8 Å². The predicted octanol–water partition coefficient (Wildman–Crippen LogP) is 4.98. The zero-order valence-electron chi connectivity index (χ0n) is 11.6. The number of carbonyl (C=O) groups is 1. The van der Waals surface area contributed by atoms with Crippen LogP contribution in [0.2, 0.25) is 5.02 Å². The fourth-order valence-corrected chi connectivity index (χ4v) is 3.01. The molecule has 0 fully saturated rings. The molecule has 0 aliphatic heterocycles. The number of rotatable bonds is 2. The van der Waals surface area contributed by atoms with Gasteiger partial charge in [0.25, 0.3) is 0 Å². The van der Waals surface area contributed by atoms with Gasteiger partial charge in [-0.1, -0.05) is 35.9 Å². The lowest BCUT2D eigenvalue weighted by atomic mass is 9.85. The average molecular weight is 301 g/mol. The molecule has 0 saturated heterocycles. The van der Waals surface area contributed by atoms with Gasteiger partial charge in [0.2, 0.25) is 0 Å². The van der Waals surface area contributed by atoms with Gasteiger partial charge in [-0.2, -0.15) is 0 Å². The third-order valence-corrected chi connectivity index (χ3v) is 4.19. The molecule has 1 aliphatic rings. The lowest BCUT2D eigenvalue weighted by Gasteiger charge is -2.20. The summed E-state index contributed by atoms with van der Waals surface area (Å²) in [5, 5.41) is 0.397. The van der Waals surface area contributed by atoms with Crippen molar-refractivity contribution in [3.05, 3.63) is 75.1 Å². The van der Waals surface area contributed by atoms with Gasteiger partial charge in [0.1, 0.15) is 12.1 Å². The maximum Gasteiger partial charge on any atom is 0.150 e. The molecule has 0 saturated carbocycles. The highest BCUT2D eigenvalue weighted by Gasteiger charge is 2.20. The Balaban J connectivity index is 2.24. The lowest BCUT2D eigenvalue weighted by Crippen LogP contribution is -2.05. The number of aldehydes is 1. The van der Waals surface area contributed by atoms with Crippen LogP contribution >= 0.6 is 11.6 Å². The Bertz CT molecular complexity index is 762. The van der Waals surface area contributed by atoms with Crippen molar-refractivity contribution in [1.29, 1.82) is 0 Å². The Labute approximate surface area is 128 Å². The Kier molecular flexibility index (Phi) is 3.64. The monoisotopic (exact) mass is 300 g/mol. The van der Waals surface area contributed by atoms with Crippen molar-refractivity contribution >= 4 is 23.5 Å². The highest BCUT2D eigenvalue weighted by molar-refractivity contribution is 6.32. The first-order valence-electron chi connectivity index (χ1n) is 6.85. The Hall–Kier alpha value is -1.93. The van der Waals surface area contributed by atoms with Crippen LogP contribution in [0.15, 0.2) is 36.4 Å². The Morgan fingerprint density at radius 2 is 2.05 bits per heavy atom. The number of hydrogen-bond acceptors (Lipinski definition) is 1. The second kappa shape index (κ2) is 5.45. The number of benzene rings is 2. The summed E-state index contributed by atoms with van der Waals surface area (Å²) in [5.41, 5.74) is 4.39. The van der Waals surface area contributed by atoms with E-state index < -0.39 is 0 Å². The summed E-state index contributed by atoms with van der Waals surface area (Å²) >= 11 is 6.22. The van der Waals surface area contributed by atoms with Gasteiger partial charge in [0, 0.05) is 11.1 Å². The summed E-state index contributed by atoms with van der Waals surface area (Å²) in [6.45, 7) is 1.72. The third-order valence-electron chi connectivity index (χ3n) is 3.88. The van der Waals surface area contributed by atoms with Crippen molar-refractivity contribution in [2.75, 3.05) is 0 Å². The van der Waals surface area contributed by atoms with E-state index in [0.29, 0.717) is 21.7 Å². The molecule has 2 aromatic carbocycles. The topological polar surface area (TPSA) is 17.1 Å². The summed E-state index contributed by atoms with van der Waals surface area (Å²) in [6.07, 6.45) is 4.54. The van der Waals surface area contributed by atoms with Crippen LogP contribution in [0.25, 0.3) is 5.57 Å². The van der Waals surface area contributed by atoms with Crippen molar-refractivity contribution in [1.82, 2.24) is 0 Å². The number of aryl methyl sites for hydroxylation is 2. The van der Waals surface area contributed by atoms with E-state index in [1.807, 2.05) is 18.2 Å². The minimum absolute atomic E-state index is 0.293. The van der Waals surface area contributed by atoms with Crippen LogP contribution in [0.4, 0.5) is 4.39 Å². The zero-order valence-corrected chi connectivity index (χ0v) is 12.4. The van der Waals surface area contributed by atoms with Gasteiger partial charge in [-0.15, -0.1) is 0 Å². The second-order valence-electron chi connectivity index (χ2n) is 5.24. The van der Waals surface area contributed by atoms with Crippen LogP contribution in [0.5, 0.6) is 0 Å². The SMILES string of the molecule is Cc1ccc(Cl)c(C2=CCCc3ccc(C=O)cc32)c1F. The number of carbonyl (C=O) groups excluding carboxylic acids is 1. The van der Waals surface area contributed by atoms with E-state index in [4.69, 9.17) is 11.6 Å². The maximum absolute atomic E-state index is 14.5. The first-order valence-corrected chi connectivity index (χ1v) is 7.23. The highest BCUT2D eigenvalue weighted by Crippen LogP contribution is 2.37.